The summed E-state index contributed by atoms with van der Waals surface area (Å²) in [6.07, 6.45) is 4.81. The first kappa shape index (κ1) is 13.2. The molecule has 1 heterocycles. The van der Waals surface area contributed by atoms with E-state index in [2.05, 4.69) is 49.3 Å². The third-order valence-corrected chi connectivity index (χ3v) is 3.77. The van der Waals surface area contributed by atoms with E-state index >= 15 is 0 Å². The Balaban J connectivity index is 3.04. The van der Waals surface area contributed by atoms with Gasteiger partial charge in [0.1, 0.15) is 5.82 Å². The zero-order chi connectivity index (χ0) is 12.3. The van der Waals surface area contributed by atoms with Gasteiger partial charge in [0, 0.05) is 24.5 Å². The summed E-state index contributed by atoms with van der Waals surface area (Å²) in [5.41, 5.74) is 6.32. The number of hydrogen-bond donors (Lipinski definition) is 1. The van der Waals surface area contributed by atoms with Gasteiger partial charge in [0.2, 0.25) is 0 Å². The van der Waals surface area contributed by atoms with Crippen molar-refractivity contribution in [3.63, 3.8) is 0 Å². The first-order valence-corrected chi connectivity index (χ1v) is 5.91. The van der Waals surface area contributed by atoms with Gasteiger partial charge in [-0.05, 0) is 34.4 Å². The van der Waals surface area contributed by atoms with E-state index in [1.807, 2.05) is 12.4 Å². The third-order valence-electron chi connectivity index (χ3n) is 3.77. The smallest absolute Gasteiger partial charge is 0.127 e. The van der Waals surface area contributed by atoms with Crippen LogP contribution in [0.1, 0.15) is 39.1 Å². The van der Waals surface area contributed by atoms with Crippen molar-refractivity contribution >= 4 is 0 Å². The van der Waals surface area contributed by atoms with Crippen molar-refractivity contribution < 1.29 is 0 Å². The van der Waals surface area contributed by atoms with Gasteiger partial charge in [-0.25, -0.2) is 4.98 Å². The normalized spacial score (nSPS) is 17.4. The monoisotopic (exact) mass is 224 g/mol. The standard InChI is InChI=1S/C12H24N4/c1-6-12(3,15(4)5)10(13)11-14-8-9-16(11)7-2/h8-10H,6-7,13H2,1-5H3. The summed E-state index contributed by atoms with van der Waals surface area (Å²) >= 11 is 0. The maximum atomic E-state index is 6.38. The Morgan fingerprint density at radius 2 is 2.12 bits per heavy atom. The van der Waals surface area contributed by atoms with Gasteiger partial charge in [0.05, 0.1) is 6.04 Å². The van der Waals surface area contributed by atoms with Crippen LogP contribution in [0.2, 0.25) is 0 Å². The molecule has 2 atom stereocenters. The van der Waals surface area contributed by atoms with Crippen LogP contribution in [-0.4, -0.2) is 34.1 Å². The molecule has 0 spiro atoms. The van der Waals surface area contributed by atoms with E-state index in [4.69, 9.17) is 5.73 Å². The van der Waals surface area contributed by atoms with Crippen molar-refractivity contribution in [1.29, 1.82) is 0 Å². The van der Waals surface area contributed by atoms with Gasteiger partial charge in [-0.3, -0.25) is 0 Å². The number of nitrogens with two attached hydrogens (primary N) is 1. The molecule has 92 valence electrons. The largest absolute Gasteiger partial charge is 0.334 e. The fourth-order valence-electron chi connectivity index (χ4n) is 1.96. The van der Waals surface area contributed by atoms with E-state index in [9.17, 15) is 0 Å². The molecule has 4 heteroatoms. The van der Waals surface area contributed by atoms with Crippen LogP contribution in [0.4, 0.5) is 0 Å². The highest BCUT2D eigenvalue weighted by molar-refractivity contribution is 5.07. The van der Waals surface area contributed by atoms with E-state index in [1.165, 1.54) is 0 Å². The van der Waals surface area contributed by atoms with Crippen LogP contribution in [0.3, 0.4) is 0 Å². The number of hydrogen-bond acceptors (Lipinski definition) is 3. The molecule has 0 aliphatic rings. The molecule has 0 saturated carbocycles. The van der Waals surface area contributed by atoms with Crippen LogP contribution in [0.15, 0.2) is 12.4 Å². The maximum absolute atomic E-state index is 6.38. The quantitative estimate of drug-likeness (QED) is 0.827. The molecule has 0 aromatic carbocycles. The van der Waals surface area contributed by atoms with Crippen molar-refractivity contribution in [2.45, 2.75) is 45.3 Å². The molecule has 0 fully saturated rings. The first-order valence-electron chi connectivity index (χ1n) is 5.91. The zero-order valence-electron chi connectivity index (χ0n) is 11.1. The highest BCUT2D eigenvalue weighted by atomic mass is 15.2. The van der Waals surface area contributed by atoms with Gasteiger partial charge in [0.15, 0.2) is 0 Å². The summed E-state index contributed by atoms with van der Waals surface area (Å²) in [6.45, 7) is 7.37. The van der Waals surface area contributed by atoms with Gasteiger partial charge < -0.3 is 15.2 Å². The second kappa shape index (κ2) is 4.97. The molecular formula is C12H24N4. The third kappa shape index (κ3) is 2.13. The fraction of sp³-hybridized carbons (Fsp3) is 0.750. The summed E-state index contributed by atoms with van der Waals surface area (Å²) in [4.78, 5) is 6.58. The highest BCUT2D eigenvalue weighted by Gasteiger charge is 2.35. The molecule has 1 aromatic heterocycles. The lowest BCUT2D eigenvalue weighted by Gasteiger charge is -2.40. The molecule has 4 nitrogen and oxygen atoms in total. The van der Waals surface area contributed by atoms with Crippen molar-refractivity contribution in [2.75, 3.05) is 14.1 Å². The van der Waals surface area contributed by atoms with Crippen molar-refractivity contribution in [2.24, 2.45) is 5.73 Å². The minimum absolute atomic E-state index is 0.0573. The predicted octanol–water partition coefficient (Wildman–Crippen LogP) is 1.63. The molecule has 0 radical (unpaired) electrons. The SMILES string of the molecule is CCn1ccnc1C(N)C(C)(CC)N(C)C. The lowest BCUT2D eigenvalue weighted by atomic mass is 9.88. The molecule has 0 saturated heterocycles. The molecule has 2 unspecified atom stereocenters. The minimum Gasteiger partial charge on any atom is -0.334 e. The Kier molecular flexibility index (Phi) is 4.10. The molecule has 1 aromatic rings. The number of aromatic nitrogens is 2. The van der Waals surface area contributed by atoms with E-state index < -0.39 is 0 Å². The van der Waals surface area contributed by atoms with Gasteiger partial charge >= 0.3 is 0 Å². The Morgan fingerprint density at radius 1 is 1.50 bits per heavy atom. The highest BCUT2D eigenvalue weighted by Crippen LogP contribution is 2.29. The summed E-state index contributed by atoms with van der Waals surface area (Å²) in [5, 5.41) is 0. The fourth-order valence-corrected chi connectivity index (χ4v) is 1.96. The lowest BCUT2D eigenvalue weighted by Crippen LogP contribution is -2.50. The van der Waals surface area contributed by atoms with E-state index in [0.717, 1.165) is 18.8 Å². The Labute approximate surface area is 98.5 Å². The van der Waals surface area contributed by atoms with Crippen molar-refractivity contribution in [3.8, 4) is 0 Å². The maximum Gasteiger partial charge on any atom is 0.127 e. The Hall–Kier alpha value is -0.870. The van der Waals surface area contributed by atoms with Crippen LogP contribution in [0, 0.1) is 0 Å². The van der Waals surface area contributed by atoms with Gasteiger partial charge in [-0.1, -0.05) is 6.92 Å². The molecule has 0 amide bonds. The molecule has 2 N–H and O–H groups in total. The van der Waals surface area contributed by atoms with Gasteiger partial charge in [-0.15, -0.1) is 0 Å². The number of nitrogens with zero attached hydrogens (tertiary/aromatic N) is 3. The molecule has 0 aliphatic carbocycles. The lowest BCUT2D eigenvalue weighted by molar-refractivity contribution is 0.126. The second-order valence-corrected chi connectivity index (χ2v) is 4.65. The number of aryl methyl sites for hydroxylation is 1. The Bertz CT molecular complexity index is 332. The molecule has 1 rings (SSSR count). The molecule has 0 aliphatic heterocycles. The summed E-state index contributed by atoms with van der Waals surface area (Å²) in [7, 11) is 4.14. The predicted molar refractivity (Wildman–Crippen MR) is 67.2 cm³/mol. The van der Waals surface area contributed by atoms with Crippen molar-refractivity contribution in [3.05, 3.63) is 18.2 Å². The average molecular weight is 224 g/mol. The van der Waals surface area contributed by atoms with Crippen LogP contribution in [0.25, 0.3) is 0 Å². The summed E-state index contributed by atoms with van der Waals surface area (Å²) < 4.78 is 2.11. The van der Waals surface area contributed by atoms with Gasteiger partial charge in [0.25, 0.3) is 0 Å². The summed E-state index contributed by atoms with van der Waals surface area (Å²) in [5.74, 6) is 0.973. The van der Waals surface area contributed by atoms with Gasteiger partial charge in [-0.2, -0.15) is 0 Å². The average Bonchev–Trinajstić information content (AvgIpc) is 2.74. The molecule has 16 heavy (non-hydrogen) atoms. The zero-order valence-corrected chi connectivity index (χ0v) is 11.1. The van der Waals surface area contributed by atoms with E-state index in [0.29, 0.717) is 0 Å². The summed E-state index contributed by atoms with van der Waals surface area (Å²) in [6, 6.07) is -0.0672. The minimum atomic E-state index is -0.0672. The first-order chi connectivity index (χ1) is 7.47. The number of imidazole rings is 1. The van der Waals surface area contributed by atoms with Crippen LogP contribution >= 0.6 is 0 Å². The Morgan fingerprint density at radius 3 is 2.56 bits per heavy atom. The van der Waals surface area contributed by atoms with E-state index in [-0.39, 0.29) is 11.6 Å². The van der Waals surface area contributed by atoms with Crippen LogP contribution < -0.4 is 5.73 Å². The van der Waals surface area contributed by atoms with Crippen LogP contribution in [-0.2, 0) is 6.54 Å². The molecule has 0 bridgehead atoms. The van der Waals surface area contributed by atoms with Crippen molar-refractivity contribution in [1.82, 2.24) is 14.5 Å². The topological polar surface area (TPSA) is 47.1 Å². The van der Waals surface area contributed by atoms with Crippen LogP contribution in [0.5, 0.6) is 0 Å². The van der Waals surface area contributed by atoms with E-state index in [1.54, 1.807) is 0 Å². The molecular weight excluding hydrogens is 200 g/mol. The number of rotatable bonds is 5. The second-order valence-electron chi connectivity index (χ2n) is 4.65. The number of likely N-dealkylation sites (N-methyl/N-ethyl adjacent to an activating group) is 1.